The molecule has 1 saturated carbocycles. The summed E-state index contributed by atoms with van der Waals surface area (Å²) in [7, 11) is 0. The average Bonchev–Trinajstić information content (AvgIpc) is 3.16. The number of aliphatic hydroxyl groups excluding tert-OH is 1. The third-order valence-corrected chi connectivity index (χ3v) is 3.71. The standard InChI is InChI=1S/C16H17NO3/c18-8-2-5-12-3-1-4-13-9-14(16(19)20)17(15(12)13)10-11-6-7-11/h1-5,9,11,18H,6-8,10H2,(H,19,20). The van der Waals surface area contributed by atoms with E-state index in [9.17, 15) is 9.90 Å². The van der Waals surface area contributed by atoms with E-state index in [0.29, 0.717) is 11.6 Å². The Labute approximate surface area is 117 Å². The zero-order chi connectivity index (χ0) is 14.1. The quantitative estimate of drug-likeness (QED) is 0.879. The number of aromatic carboxylic acids is 1. The summed E-state index contributed by atoms with van der Waals surface area (Å²) in [6.07, 6.45) is 5.86. The number of rotatable bonds is 5. The van der Waals surface area contributed by atoms with E-state index in [-0.39, 0.29) is 6.61 Å². The highest BCUT2D eigenvalue weighted by Gasteiger charge is 2.25. The molecule has 1 fully saturated rings. The fourth-order valence-corrected chi connectivity index (χ4v) is 2.59. The maximum Gasteiger partial charge on any atom is 0.352 e. The topological polar surface area (TPSA) is 62.5 Å². The Morgan fingerprint density at radius 2 is 2.20 bits per heavy atom. The van der Waals surface area contributed by atoms with Gasteiger partial charge in [0, 0.05) is 11.9 Å². The molecule has 0 bridgehead atoms. The van der Waals surface area contributed by atoms with Gasteiger partial charge in [0.2, 0.25) is 0 Å². The van der Waals surface area contributed by atoms with Crippen LogP contribution in [0.4, 0.5) is 0 Å². The predicted molar refractivity (Wildman–Crippen MR) is 77.7 cm³/mol. The van der Waals surface area contributed by atoms with Crippen LogP contribution in [0.1, 0.15) is 28.9 Å². The van der Waals surface area contributed by atoms with E-state index in [1.165, 1.54) is 12.8 Å². The molecule has 0 amide bonds. The lowest BCUT2D eigenvalue weighted by Crippen LogP contribution is -2.10. The summed E-state index contributed by atoms with van der Waals surface area (Å²) in [6, 6.07) is 7.52. The van der Waals surface area contributed by atoms with Gasteiger partial charge in [0.25, 0.3) is 0 Å². The van der Waals surface area contributed by atoms with Gasteiger partial charge in [-0.3, -0.25) is 0 Å². The molecule has 1 aromatic heterocycles. The van der Waals surface area contributed by atoms with Crippen molar-refractivity contribution in [2.75, 3.05) is 6.61 Å². The smallest absolute Gasteiger partial charge is 0.352 e. The van der Waals surface area contributed by atoms with Gasteiger partial charge in [0.15, 0.2) is 0 Å². The summed E-state index contributed by atoms with van der Waals surface area (Å²) in [4.78, 5) is 11.4. The van der Waals surface area contributed by atoms with E-state index in [0.717, 1.165) is 23.0 Å². The van der Waals surface area contributed by atoms with Crippen molar-refractivity contribution in [2.24, 2.45) is 5.92 Å². The maximum atomic E-state index is 11.4. The Balaban J connectivity index is 2.19. The number of aliphatic hydroxyl groups is 1. The molecule has 3 rings (SSSR count). The molecule has 0 unspecified atom stereocenters. The molecule has 2 N–H and O–H groups in total. The molecule has 0 radical (unpaired) electrons. The number of hydrogen-bond donors (Lipinski definition) is 2. The monoisotopic (exact) mass is 271 g/mol. The predicted octanol–water partition coefficient (Wildman–Crippen LogP) is 2.76. The second-order valence-corrected chi connectivity index (χ2v) is 5.26. The fourth-order valence-electron chi connectivity index (χ4n) is 2.59. The zero-order valence-electron chi connectivity index (χ0n) is 11.1. The van der Waals surface area contributed by atoms with Crippen LogP contribution in [0.5, 0.6) is 0 Å². The first-order valence-electron chi connectivity index (χ1n) is 6.83. The number of fused-ring (bicyclic) bond motifs is 1. The molecule has 1 aliphatic carbocycles. The van der Waals surface area contributed by atoms with Crippen LogP contribution in [0, 0.1) is 5.92 Å². The number of hydrogen-bond acceptors (Lipinski definition) is 2. The van der Waals surface area contributed by atoms with Gasteiger partial charge in [-0.15, -0.1) is 0 Å². The van der Waals surface area contributed by atoms with E-state index in [1.54, 1.807) is 12.1 Å². The Morgan fingerprint density at radius 1 is 1.40 bits per heavy atom. The summed E-state index contributed by atoms with van der Waals surface area (Å²) in [5, 5.41) is 19.3. The molecule has 20 heavy (non-hydrogen) atoms. The van der Waals surface area contributed by atoms with Crippen molar-refractivity contribution in [3.05, 3.63) is 41.6 Å². The average molecular weight is 271 g/mol. The first-order valence-corrected chi connectivity index (χ1v) is 6.83. The van der Waals surface area contributed by atoms with Crippen LogP contribution in [0.15, 0.2) is 30.3 Å². The summed E-state index contributed by atoms with van der Waals surface area (Å²) in [6.45, 7) is 0.737. The molecule has 0 spiro atoms. The van der Waals surface area contributed by atoms with E-state index in [2.05, 4.69) is 0 Å². The number of nitrogens with zero attached hydrogens (tertiary/aromatic N) is 1. The minimum atomic E-state index is -0.890. The Bertz CT molecular complexity index is 680. The van der Waals surface area contributed by atoms with Crippen LogP contribution in [0.3, 0.4) is 0 Å². The van der Waals surface area contributed by atoms with Crippen molar-refractivity contribution in [2.45, 2.75) is 19.4 Å². The molecular weight excluding hydrogens is 254 g/mol. The van der Waals surface area contributed by atoms with Crippen LogP contribution in [-0.4, -0.2) is 27.4 Å². The van der Waals surface area contributed by atoms with Crippen molar-refractivity contribution < 1.29 is 15.0 Å². The number of carboxylic acid groups (broad SMARTS) is 1. The number of carboxylic acids is 1. The van der Waals surface area contributed by atoms with Crippen LogP contribution >= 0.6 is 0 Å². The van der Waals surface area contributed by atoms with Gasteiger partial charge >= 0.3 is 5.97 Å². The number of carbonyl (C=O) groups is 1. The Hall–Kier alpha value is -2.07. The second kappa shape index (κ2) is 5.13. The van der Waals surface area contributed by atoms with Crippen LogP contribution in [0.2, 0.25) is 0 Å². The highest BCUT2D eigenvalue weighted by atomic mass is 16.4. The molecule has 1 aliphatic rings. The maximum absolute atomic E-state index is 11.4. The van der Waals surface area contributed by atoms with Crippen LogP contribution < -0.4 is 0 Å². The molecule has 0 saturated heterocycles. The largest absolute Gasteiger partial charge is 0.477 e. The molecule has 0 aliphatic heterocycles. The van der Waals surface area contributed by atoms with Crippen molar-refractivity contribution >= 4 is 22.9 Å². The SMILES string of the molecule is O=C(O)c1cc2cccc(C=CCO)c2n1CC1CC1. The van der Waals surface area contributed by atoms with E-state index in [4.69, 9.17) is 5.11 Å². The zero-order valence-corrected chi connectivity index (χ0v) is 11.1. The van der Waals surface area contributed by atoms with E-state index in [1.807, 2.05) is 28.8 Å². The van der Waals surface area contributed by atoms with Gasteiger partial charge in [-0.05, 0) is 30.4 Å². The highest BCUT2D eigenvalue weighted by Crippen LogP contribution is 2.34. The lowest BCUT2D eigenvalue weighted by Gasteiger charge is -2.09. The Morgan fingerprint density at radius 3 is 2.85 bits per heavy atom. The van der Waals surface area contributed by atoms with Crippen molar-refractivity contribution in [3.63, 3.8) is 0 Å². The summed E-state index contributed by atoms with van der Waals surface area (Å²) < 4.78 is 1.91. The third kappa shape index (κ3) is 2.34. The second-order valence-electron chi connectivity index (χ2n) is 5.26. The van der Waals surface area contributed by atoms with Gasteiger partial charge in [0.05, 0.1) is 12.1 Å². The first-order chi connectivity index (χ1) is 9.70. The molecule has 4 heteroatoms. The third-order valence-electron chi connectivity index (χ3n) is 3.71. The van der Waals surface area contributed by atoms with Gasteiger partial charge in [-0.25, -0.2) is 4.79 Å². The number of aromatic nitrogens is 1. The van der Waals surface area contributed by atoms with Gasteiger partial charge < -0.3 is 14.8 Å². The molecule has 1 aromatic carbocycles. The number of para-hydroxylation sites is 1. The van der Waals surface area contributed by atoms with Crippen LogP contribution in [-0.2, 0) is 6.54 Å². The minimum Gasteiger partial charge on any atom is -0.477 e. The summed E-state index contributed by atoms with van der Waals surface area (Å²) in [5.41, 5.74) is 2.24. The summed E-state index contributed by atoms with van der Waals surface area (Å²) >= 11 is 0. The first kappa shape index (κ1) is 12.9. The summed E-state index contributed by atoms with van der Waals surface area (Å²) in [5.74, 6) is -0.294. The molecule has 4 nitrogen and oxygen atoms in total. The van der Waals surface area contributed by atoms with Gasteiger partial charge in [-0.1, -0.05) is 30.4 Å². The van der Waals surface area contributed by atoms with Gasteiger partial charge in [-0.2, -0.15) is 0 Å². The Kier molecular flexibility index (Phi) is 3.32. The van der Waals surface area contributed by atoms with Crippen LogP contribution in [0.25, 0.3) is 17.0 Å². The van der Waals surface area contributed by atoms with Crippen molar-refractivity contribution in [1.29, 1.82) is 0 Å². The molecule has 104 valence electrons. The van der Waals surface area contributed by atoms with E-state index >= 15 is 0 Å². The molecule has 1 heterocycles. The normalized spacial score (nSPS) is 15.2. The lowest BCUT2D eigenvalue weighted by molar-refractivity contribution is 0.0685. The number of benzene rings is 1. The minimum absolute atomic E-state index is 0.0223. The highest BCUT2D eigenvalue weighted by molar-refractivity contribution is 5.97. The molecule has 2 aromatic rings. The van der Waals surface area contributed by atoms with Crippen molar-refractivity contribution in [3.8, 4) is 0 Å². The molecular formula is C16H17NO3. The van der Waals surface area contributed by atoms with Gasteiger partial charge in [0.1, 0.15) is 5.69 Å². The van der Waals surface area contributed by atoms with Crippen molar-refractivity contribution in [1.82, 2.24) is 4.57 Å². The fraction of sp³-hybridized carbons (Fsp3) is 0.312. The molecule has 0 atom stereocenters. The van der Waals surface area contributed by atoms with E-state index < -0.39 is 5.97 Å². The lowest BCUT2D eigenvalue weighted by atomic mass is 10.1.